The average Bonchev–Trinajstić information content (AvgIpc) is 3.33. The van der Waals surface area contributed by atoms with E-state index in [9.17, 15) is 0 Å². The number of ether oxygens (including phenoxy) is 1. The first-order valence-corrected chi connectivity index (χ1v) is 9.56. The SMILES string of the molecule is c1nc2cc(-c3nc4cc(NCC5CC5)cc5c4n3CCCO5)ccn2n1. The number of pyridine rings is 1. The van der Waals surface area contributed by atoms with E-state index in [2.05, 4.69) is 32.1 Å². The Morgan fingerprint density at radius 2 is 2.19 bits per heavy atom. The van der Waals surface area contributed by atoms with Crippen molar-refractivity contribution in [3.05, 3.63) is 36.8 Å². The number of aryl methyl sites for hydroxylation is 1. The lowest BCUT2D eigenvalue weighted by Gasteiger charge is -2.10. The Morgan fingerprint density at radius 1 is 1.22 bits per heavy atom. The van der Waals surface area contributed by atoms with Crippen LogP contribution in [0.15, 0.2) is 36.8 Å². The third-order valence-corrected chi connectivity index (χ3v) is 5.42. The van der Waals surface area contributed by atoms with Crippen LogP contribution in [0.2, 0.25) is 0 Å². The zero-order valence-electron chi connectivity index (χ0n) is 14.9. The van der Waals surface area contributed by atoms with Crippen LogP contribution in [0.25, 0.3) is 28.1 Å². The fourth-order valence-electron chi connectivity index (χ4n) is 3.82. The van der Waals surface area contributed by atoms with Crippen molar-refractivity contribution in [1.29, 1.82) is 0 Å². The van der Waals surface area contributed by atoms with E-state index in [-0.39, 0.29) is 0 Å². The van der Waals surface area contributed by atoms with Crippen LogP contribution in [0.4, 0.5) is 5.69 Å². The van der Waals surface area contributed by atoms with Gasteiger partial charge in [-0.3, -0.25) is 0 Å². The number of anilines is 1. The van der Waals surface area contributed by atoms with Crippen LogP contribution in [0.5, 0.6) is 5.75 Å². The van der Waals surface area contributed by atoms with Gasteiger partial charge in [-0.15, -0.1) is 0 Å². The van der Waals surface area contributed by atoms with Crippen LogP contribution >= 0.6 is 0 Å². The lowest BCUT2D eigenvalue weighted by molar-refractivity contribution is 0.316. The summed E-state index contributed by atoms with van der Waals surface area (Å²) in [7, 11) is 0. The number of hydrogen-bond donors (Lipinski definition) is 1. The number of benzene rings is 1. The van der Waals surface area contributed by atoms with E-state index in [0.717, 1.165) is 71.5 Å². The van der Waals surface area contributed by atoms with Gasteiger partial charge in [-0.05, 0) is 43.4 Å². The summed E-state index contributed by atoms with van der Waals surface area (Å²) in [6.45, 7) is 2.65. The van der Waals surface area contributed by atoms with Gasteiger partial charge in [-0.2, -0.15) is 5.10 Å². The molecular weight excluding hydrogens is 340 g/mol. The highest BCUT2D eigenvalue weighted by atomic mass is 16.5. The summed E-state index contributed by atoms with van der Waals surface area (Å²) in [6, 6.07) is 8.35. The lowest BCUT2D eigenvalue weighted by atomic mass is 10.2. The summed E-state index contributed by atoms with van der Waals surface area (Å²) in [5.74, 6) is 2.70. The Morgan fingerprint density at radius 3 is 3.11 bits per heavy atom. The van der Waals surface area contributed by atoms with Crippen LogP contribution in [0.1, 0.15) is 19.3 Å². The summed E-state index contributed by atoms with van der Waals surface area (Å²) >= 11 is 0. The predicted molar refractivity (Wildman–Crippen MR) is 103 cm³/mol. The Balaban J connectivity index is 1.50. The number of nitrogens with one attached hydrogen (secondary N) is 1. The second-order valence-corrected chi connectivity index (χ2v) is 7.43. The van der Waals surface area contributed by atoms with Crippen molar-refractivity contribution in [3.8, 4) is 17.1 Å². The summed E-state index contributed by atoms with van der Waals surface area (Å²) in [4.78, 5) is 9.28. The highest BCUT2D eigenvalue weighted by Gasteiger charge is 2.23. The first kappa shape index (κ1) is 15.0. The monoisotopic (exact) mass is 360 g/mol. The molecule has 0 amide bonds. The molecule has 6 rings (SSSR count). The number of fused-ring (bicyclic) bond motifs is 1. The van der Waals surface area contributed by atoms with Gasteiger partial charge in [0.1, 0.15) is 23.4 Å². The summed E-state index contributed by atoms with van der Waals surface area (Å²) in [5, 5.41) is 7.74. The van der Waals surface area contributed by atoms with Crippen molar-refractivity contribution in [2.45, 2.75) is 25.8 Å². The molecule has 0 saturated heterocycles. The predicted octanol–water partition coefficient (Wildman–Crippen LogP) is 3.35. The van der Waals surface area contributed by atoms with Crippen LogP contribution < -0.4 is 10.1 Å². The number of nitrogens with zero attached hydrogens (tertiary/aromatic N) is 5. The molecule has 0 radical (unpaired) electrons. The van der Waals surface area contributed by atoms with Crippen LogP contribution in [0, 0.1) is 5.92 Å². The van der Waals surface area contributed by atoms with Gasteiger partial charge in [0.15, 0.2) is 5.65 Å². The maximum atomic E-state index is 6.06. The summed E-state index contributed by atoms with van der Waals surface area (Å²) in [6.07, 6.45) is 7.14. The van der Waals surface area contributed by atoms with Crippen molar-refractivity contribution in [1.82, 2.24) is 24.1 Å². The molecule has 7 nitrogen and oxygen atoms in total. The molecule has 4 heterocycles. The second-order valence-electron chi connectivity index (χ2n) is 7.43. The highest BCUT2D eigenvalue weighted by molar-refractivity contribution is 5.89. The van der Waals surface area contributed by atoms with Crippen molar-refractivity contribution >= 4 is 22.4 Å². The molecule has 136 valence electrons. The molecular formula is C20H20N6O. The van der Waals surface area contributed by atoms with Gasteiger partial charge in [0.2, 0.25) is 0 Å². The molecule has 0 spiro atoms. The second kappa shape index (κ2) is 5.70. The van der Waals surface area contributed by atoms with E-state index in [4.69, 9.17) is 9.72 Å². The molecule has 1 N–H and O–H groups in total. The average molecular weight is 360 g/mol. The standard InChI is InChI=1S/C20H20N6O/c1-5-25-19-16(9-15(10-17(19)27-7-1)21-11-13-2-3-13)24-20(25)14-4-6-26-18(8-14)22-12-23-26/h4,6,8-10,12-13,21H,1-3,5,7,11H2. The summed E-state index contributed by atoms with van der Waals surface area (Å²) in [5.41, 5.74) is 5.02. The first-order valence-electron chi connectivity index (χ1n) is 9.56. The molecule has 0 atom stereocenters. The minimum Gasteiger partial charge on any atom is -0.491 e. The van der Waals surface area contributed by atoms with E-state index in [1.807, 2.05) is 18.3 Å². The smallest absolute Gasteiger partial charge is 0.155 e. The van der Waals surface area contributed by atoms with Gasteiger partial charge < -0.3 is 14.6 Å². The minimum absolute atomic E-state index is 0.728. The van der Waals surface area contributed by atoms with Crippen molar-refractivity contribution in [2.24, 2.45) is 5.92 Å². The Hall–Kier alpha value is -3.09. The van der Waals surface area contributed by atoms with Crippen molar-refractivity contribution in [3.63, 3.8) is 0 Å². The zero-order chi connectivity index (χ0) is 17.8. The van der Waals surface area contributed by atoms with E-state index < -0.39 is 0 Å². The number of imidazole rings is 1. The summed E-state index contributed by atoms with van der Waals surface area (Å²) < 4.78 is 10.1. The molecule has 27 heavy (non-hydrogen) atoms. The maximum Gasteiger partial charge on any atom is 0.155 e. The lowest BCUT2D eigenvalue weighted by Crippen LogP contribution is -2.03. The molecule has 1 aromatic carbocycles. The van der Waals surface area contributed by atoms with Crippen molar-refractivity contribution < 1.29 is 4.74 Å². The van der Waals surface area contributed by atoms with Crippen LogP contribution in [0.3, 0.4) is 0 Å². The topological polar surface area (TPSA) is 69.3 Å². The minimum atomic E-state index is 0.728. The molecule has 1 saturated carbocycles. The molecule has 4 aromatic rings. The Labute approximate surface area is 156 Å². The quantitative estimate of drug-likeness (QED) is 0.604. The third kappa shape index (κ3) is 2.53. The number of rotatable bonds is 4. The molecule has 7 heteroatoms. The van der Waals surface area contributed by atoms with E-state index in [0.29, 0.717) is 0 Å². The molecule has 0 unspecified atom stereocenters. The fraction of sp³-hybridized carbons (Fsp3) is 0.350. The molecule has 2 aliphatic rings. The molecule has 1 aliphatic heterocycles. The van der Waals surface area contributed by atoms with Gasteiger partial charge in [0.25, 0.3) is 0 Å². The van der Waals surface area contributed by atoms with Gasteiger partial charge >= 0.3 is 0 Å². The largest absolute Gasteiger partial charge is 0.491 e. The van der Waals surface area contributed by atoms with Crippen LogP contribution in [-0.4, -0.2) is 37.3 Å². The van der Waals surface area contributed by atoms with Crippen molar-refractivity contribution in [2.75, 3.05) is 18.5 Å². The highest BCUT2D eigenvalue weighted by Crippen LogP contribution is 2.36. The van der Waals surface area contributed by atoms with Gasteiger partial charge in [-0.1, -0.05) is 0 Å². The normalized spacial score (nSPS) is 16.4. The fourth-order valence-corrected chi connectivity index (χ4v) is 3.82. The molecule has 0 bridgehead atoms. The Bertz CT molecular complexity index is 1160. The van der Waals surface area contributed by atoms with E-state index >= 15 is 0 Å². The molecule has 1 fully saturated rings. The number of hydrogen-bond acceptors (Lipinski definition) is 5. The zero-order valence-corrected chi connectivity index (χ0v) is 14.9. The Kier molecular flexibility index (Phi) is 3.17. The van der Waals surface area contributed by atoms with Gasteiger partial charge in [-0.25, -0.2) is 14.5 Å². The van der Waals surface area contributed by atoms with Gasteiger partial charge in [0.05, 0.1) is 12.1 Å². The molecule has 3 aromatic heterocycles. The van der Waals surface area contributed by atoms with E-state index in [1.54, 1.807) is 10.8 Å². The first-order chi connectivity index (χ1) is 13.3. The van der Waals surface area contributed by atoms with Crippen LogP contribution in [-0.2, 0) is 6.54 Å². The molecule has 1 aliphatic carbocycles. The number of aromatic nitrogens is 5. The third-order valence-electron chi connectivity index (χ3n) is 5.42. The maximum absolute atomic E-state index is 6.06. The van der Waals surface area contributed by atoms with Gasteiger partial charge in [0, 0.05) is 36.6 Å². The van der Waals surface area contributed by atoms with E-state index in [1.165, 1.54) is 12.8 Å².